The Labute approximate surface area is 114 Å². The largest absolute Gasteiger partial charge is 0.481 e. The zero-order valence-electron chi connectivity index (χ0n) is 12.1. The van der Waals surface area contributed by atoms with Gasteiger partial charge in [0.15, 0.2) is 0 Å². The standard InChI is InChI=1S/C15H23NO3/c1-10-5-6-13(9-11(10)2)15(19)12(3)16(4)8-7-14(17)18/h5-6,9,12,15,19H,7-8H2,1-4H3,(H,17,18). The number of aliphatic carboxylic acids is 1. The van der Waals surface area contributed by atoms with Crippen LogP contribution >= 0.6 is 0 Å². The van der Waals surface area contributed by atoms with Gasteiger partial charge in [0.1, 0.15) is 0 Å². The van der Waals surface area contributed by atoms with Crippen LogP contribution in [0.15, 0.2) is 18.2 Å². The SMILES string of the molecule is Cc1ccc(C(O)C(C)N(C)CCC(=O)O)cc1C. The van der Waals surface area contributed by atoms with E-state index >= 15 is 0 Å². The minimum Gasteiger partial charge on any atom is -0.481 e. The Kier molecular flexibility index (Phi) is 5.51. The highest BCUT2D eigenvalue weighted by Gasteiger charge is 2.21. The molecule has 0 fully saturated rings. The smallest absolute Gasteiger partial charge is 0.304 e. The van der Waals surface area contributed by atoms with Gasteiger partial charge in [-0.25, -0.2) is 0 Å². The number of hydrogen-bond acceptors (Lipinski definition) is 3. The molecule has 2 atom stereocenters. The van der Waals surface area contributed by atoms with Gasteiger partial charge in [0, 0.05) is 12.6 Å². The summed E-state index contributed by atoms with van der Waals surface area (Å²) in [6, 6.07) is 5.79. The molecule has 0 saturated heterocycles. The molecular formula is C15H23NO3. The summed E-state index contributed by atoms with van der Waals surface area (Å²) in [5, 5.41) is 19.0. The zero-order valence-corrected chi connectivity index (χ0v) is 12.1. The number of aryl methyl sites for hydroxylation is 2. The van der Waals surface area contributed by atoms with Crippen LogP contribution in [0.2, 0.25) is 0 Å². The maximum Gasteiger partial charge on any atom is 0.304 e. The molecule has 0 aromatic heterocycles. The summed E-state index contributed by atoms with van der Waals surface area (Å²) in [5.41, 5.74) is 3.22. The molecule has 1 aromatic rings. The lowest BCUT2D eigenvalue weighted by Crippen LogP contribution is -2.35. The predicted octanol–water partition coefficient (Wildman–Crippen LogP) is 2.13. The molecule has 0 spiro atoms. The normalized spacial score (nSPS) is 14.4. The van der Waals surface area contributed by atoms with Gasteiger partial charge in [-0.3, -0.25) is 4.79 Å². The fourth-order valence-electron chi connectivity index (χ4n) is 1.94. The summed E-state index contributed by atoms with van der Waals surface area (Å²) in [4.78, 5) is 12.4. The Balaban J connectivity index is 2.72. The van der Waals surface area contributed by atoms with E-state index in [0.717, 1.165) is 11.1 Å². The second-order valence-electron chi connectivity index (χ2n) is 5.15. The van der Waals surface area contributed by atoms with Gasteiger partial charge < -0.3 is 15.1 Å². The Morgan fingerprint density at radius 2 is 1.95 bits per heavy atom. The Morgan fingerprint density at radius 3 is 2.47 bits per heavy atom. The lowest BCUT2D eigenvalue weighted by atomic mass is 9.98. The van der Waals surface area contributed by atoms with Gasteiger partial charge in [0.25, 0.3) is 0 Å². The highest BCUT2D eigenvalue weighted by molar-refractivity contribution is 5.66. The van der Waals surface area contributed by atoms with Crippen LogP contribution in [0.4, 0.5) is 0 Å². The van der Waals surface area contributed by atoms with Crippen LogP contribution < -0.4 is 0 Å². The third kappa shape index (κ3) is 4.33. The summed E-state index contributed by atoms with van der Waals surface area (Å²) in [6.45, 7) is 6.39. The van der Waals surface area contributed by atoms with E-state index in [0.29, 0.717) is 6.54 Å². The van der Waals surface area contributed by atoms with E-state index in [4.69, 9.17) is 5.11 Å². The molecule has 0 saturated carbocycles. The third-order valence-corrected chi connectivity index (χ3v) is 3.70. The number of rotatable bonds is 6. The van der Waals surface area contributed by atoms with E-state index in [2.05, 4.69) is 0 Å². The van der Waals surface area contributed by atoms with Gasteiger partial charge >= 0.3 is 5.97 Å². The maximum atomic E-state index is 10.6. The summed E-state index contributed by atoms with van der Waals surface area (Å²) in [6.07, 6.45) is -0.529. The Hall–Kier alpha value is -1.39. The van der Waals surface area contributed by atoms with Crippen LogP contribution in [0.1, 0.15) is 36.1 Å². The van der Waals surface area contributed by atoms with E-state index in [1.54, 1.807) is 0 Å². The molecule has 0 radical (unpaired) electrons. The van der Waals surface area contributed by atoms with Gasteiger partial charge in [-0.2, -0.15) is 0 Å². The average molecular weight is 265 g/mol. The second kappa shape index (κ2) is 6.68. The van der Waals surface area contributed by atoms with E-state index in [1.807, 2.05) is 50.9 Å². The van der Waals surface area contributed by atoms with Crippen LogP contribution in [-0.2, 0) is 4.79 Å². The number of benzene rings is 1. The molecule has 2 N–H and O–H groups in total. The molecule has 106 valence electrons. The number of nitrogens with zero attached hydrogens (tertiary/aromatic N) is 1. The Morgan fingerprint density at radius 1 is 1.32 bits per heavy atom. The molecule has 0 bridgehead atoms. The van der Waals surface area contributed by atoms with Crippen molar-refractivity contribution >= 4 is 5.97 Å². The van der Waals surface area contributed by atoms with Gasteiger partial charge in [-0.15, -0.1) is 0 Å². The van der Waals surface area contributed by atoms with Crippen molar-refractivity contribution in [2.75, 3.05) is 13.6 Å². The van der Waals surface area contributed by atoms with E-state index in [9.17, 15) is 9.90 Å². The Bertz CT molecular complexity index is 445. The minimum atomic E-state index is -0.820. The monoisotopic (exact) mass is 265 g/mol. The maximum absolute atomic E-state index is 10.6. The number of likely N-dealkylation sites (N-methyl/N-ethyl adjacent to an activating group) is 1. The van der Waals surface area contributed by atoms with Gasteiger partial charge in [0.2, 0.25) is 0 Å². The molecule has 0 aliphatic heterocycles. The number of aliphatic hydroxyl groups is 1. The lowest BCUT2D eigenvalue weighted by molar-refractivity contribution is -0.137. The first-order chi connectivity index (χ1) is 8.82. The number of carboxylic acid groups (broad SMARTS) is 1. The first-order valence-electron chi connectivity index (χ1n) is 6.50. The van der Waals surface area contributed by atoms with Crippen LogP contribution in [0.3, 0.4) is 0 Å². The van der Waals surface area contributed by atoms with Gasteiger partial charge in [-0.1, -0.05) is 18.2 Å². The summed E-state index contributed by atoms with van der Waals surface area (Å²) in [7, 11) is 1.83. The quantitative estimate of drug-likeness (QED) is 0.827. The van der Waals surface area contributed by atoms with Crippen molar-refractivity contribution in [3.05, 3.63) is 34.9 Å². The molecule has 0 amide bonds. The first kappa shape index (κ1) is 15.7. The molecule has 0 aliphatic rings. The van der Waals surface area contributed by atoms with Crippen LogP contribution in [-0.4, -0.2) is 40.7 Å². The van der Waals surface area contributed by atoms with E-state index in [1.165, 1.54) is 5.56 Å². The van der Waals surface area contributed by atoms with Crippen molar-refractivity contribution in [3.8, 4) is 0 Å². The molecule has 1 rings (SSSR count). The van der Waals surface area contributed by atoms with E-state index in [-0.39, 0.29) is 12.5 Å². The fraction of sp³-hybridized carbons (Fsp3) is 0.533. The molecule has 0 aliphatic carbocycles. The van der Waals surface area contributed by atoms with E-state index < -0.39 is 12.1 Å². The fourth-order valence-corrected chi connectivity index (χ4v) is 1.94. The second-order valence-corrected chi connectivity index (χ2v) is 5.15. The van der Waals surface area contributed by atoms with Crippen molar-refractivity contribution < 1.29 is 15.0 Å². The minimum absolute atomic E-state index is 0.0838. The summed E-state index contributed by atoms with van der Waals surface area (Å²) in [5.74, 6) is -0.820. The number of hydrogen-bond donors (Lipinski definition) is 2. The van der Waals surface area contributed by atoms with Crippen LogP contribution in [0, 0.1) is 13.8 Å². The van der Waals surface area contributed by atoms with Gasteiger partial charge in [0.05, 0.1) is 12.5 Å². The molecule has 2 unspecified atom stereocenters. The first-order valence-corrected chi connectivity index (χ1v) is 6.50. The van der Waals surface area contributed by atoms with Crippen molar-refractivity contribution in [2.24, 2.45) is 0 Å². The zero-order chi connectivity index (χ0) is 14.6. The number of carbonyl (C=O) groups is 1. The van der Waals surface area contributed by atoms with Crippen molar-refractivity contribution in [2.45, 2.75) is 39.3 Å². The number of aliphatic hydroxyl groups excluding tert-OH is 1. The van der Waals surface area contributed by atoms with Crippen LogP contribution in [0.25, 0.3) is 0 Å². The average Bonchev–Trinajstić information content (AvgIpc) is 2.37. The molecule has 0 heterocycles. The topological polar surface area (TPSA) is 60.8 Å². The summed E-state index contributed by atoms with van der Waals surface area (Å²) < 4.78 is 0. The number of carboxylic acids is 1. The summed E-state index contributed by atoms with van der Waals surface area (Å²) >= 11 is 0. The molecule has 19 heavy (non-hydrogen) atoms. The van der Waals surface area contributed by atoms with Crippen molar-refractivity contribution in [1.29, 1.82) is 0 Å². The molecule has 1 aromatic carbocycles. The predicted molar refractivity (Wildman–Crippen MR) is 75.2 cm³/mol. The molecule has 4 nitrogen and oxygen atoms in total. The van der Waals surface area contributed by atoms with Crippen molar-refractivity contribution in [3.63, 3.8) is 0 Å². The highest BCUT2D eigenvalue weighted by atomic mass is 16.4. The molecular weight excluding hydrogens is 242 g/mol. The highest BCUT2D eigenvalue weighted by Crippen LogP contribution is 2.22. The van der Waals surface area contributed by atoms with Crippen molar-refractivity contribution in [1.82, 2.24) is 4.90 Å². The molecule has 4 heteroatoms. The van der Waals surface area contributed by atoms with Gasteiger partial charge in [-0.05, 0) is 44.5 Å². The third-order valence-electron chi connectivity index (χ3n) is 3.70. The van der Waals surface area contributed by atoms with Crippen LogP contribution in [0.5, 0.6) is 0 Å². The lowest BCUT2D eigenvalue weighted by Gasteiger charge is -2.29.